The molecule has 4 aromatic rings. The van der Waals surface area contributed by atoms with Gasteiger partial charge in [0.15, 0.2) is 0 Å². The van der Waals surface area contributed by atoms with Crippen LogP contribution in [0.5, 0.6) is 0 Å². The number of imidazole rings is 1. The van der Waals surface area contributed by atoms with Crippen molar-refractivity contribution < 1.29 is 14.7 Å². The van der Waals surface area contributed by atoms with E-state index in [-0.39, 0.29) is 11.9 Å². The molecule has 0 radical (unpaired) electrons. The first-order chi connectivity index (χ1) is 13.1. The smallest absolute Gasteiger partial charge is 0.291 e. The minimum absolute atomic E-state index is 0.223. The van der Waals surface area contributed by atoms with Crippen LogP contribution in [-0.4, -0.2) is 24.8 Å². The van der Waals surface area contributed by atoms with Gasteiger partial charge < -0.3 is 9.77 Å². The van der Waals surface area contributed by atoms with Gasteiger partial charge >= 0.3 is 0 Å². The Morgan fingerprint density at radius 3 is 2.59 bits per heavy atom. The van der Waals surface area contributed by atoms with Gasteiger partial charge in [-0.05, 0) is 29.1 Å². The van der Waals surface area contributed by atoms with E-state index in [1.807, 2.05) is 41.1 Å². The molecule has 1 unspecified atom stereocenters. The summed E-state index contributed by atoms with van der Waals surface area (Å²) in [5.74, 6) is -0.257. The van der Waals surface area contributed by atoms with Crippen LogP contribution >= 0.6 is 0 Å². The van der Waals surface area contributed by atoms with E-state index in [1.54, 1.807) is 30.9 Å². The molecule has 0 spiro atoms. The number of pyridine rings is 1. The lowest BCUT2D eigenvalue weighted by molar-refractivity contribution is -0.742. The molecule has 0 aliphatic rings. The number of rotatable bonds is 3. The van der Waals surface area contributed by atoms with Crippen LogP contribution in [0.15, 0.2) is 79.5 Å². The zero-order valence-corrected chi connectivity index (χ0v) is 14.0. The fourth-order valence-electron chi connectivity index (χ4n) is 2.93. The second-order valence-electron chi connectivity index (χ2n) is 5.62. The van der Waals surface area contributed by atoms with Crippen molar-refractivity contribution in [2.75, 3.05) is 0 Å². The van der Waals surface area contributed by atoms with E-state index in [9.17, 15) is 4.39 Å². The van der Waals surface area contributed by atoms with Gasteiger partial charge in [-0.1, -0.05) is 36.4 Å². The Labute approximate surface area is 153 Å². The maximum absolute atomic E-state index is 13.8. The minimum Gasteiger partial charge on any atom is -0.328 e. The van der Waals surface area contributed by atoms with Crippen molar-refractivity contribution >= 4 is 10.8 Å². The lowest BCUT2D eigenvalue weighted by atomic mass is 9.98. The van der Waals surface area contributed by atoms with E-state index in [4.69, 9.17) is 15.3 Å². The van der Waals surface area contributed by atoms with Gasteiger partial charge in [0.25, 0.3) is 5.09 Å². The minimum atomic E-state index is -1.50. The summed E-state index contributed by atoms with van der Waals surface area (Å²) >= 11 is 0. The van der Waals surface area contributed by atoms with Gasteiger partial charge in [0.05, 0.1) is 12.0 Å². The van der Waals surface area contributed by atoms with Gasteiger partial charge in [0, 0.05) is 24.0 Å². The average Bonchev–Trinajstić information content (AvgIpc) is 3.16. The Kier molecular flexibility index (Phi) is 5.36. The molecular weight excluding hydrogens is 351 g/mol. The first kappa shape index (κ1) is 18.0. The Bertz CT molecular complexity index is 1040. The zero-order valence-electron chi connectivity index (χ0n) is 14.0. The summed E-state index contributed by atoms with van der Waals surface area (Å²) < 4.78 is 15.7. The van der Waals surface area contributed by atoms with Crippen molar-refractivity contribution in [2.24, 2.45) is 0 Å². The third-order valence-corrected chi connectivity index (χ3v) is 3.95. The van der Waals surface area contributed by atoms with Crippen LogP contribution in [0.2, 0.25) is 0 Å². The van der Waals surface area contributed by atoms with Gasteiger partial charge in [-0.25, -0.2) is 9.37 Å². The number of benzene rings is 2. The molecule has 0 saturated heterocycles. The summed E-state index contributed by atoms with van der Waals surface area (Å²) in [6.07, 6.45) is 7.12. The van der Waals surface area contributed by atoms with Gasteiger partial charge in [0.2, 0.25) is 0 Å². The number of fused-ring (bicyclic) bond motifs is 1. The van der Waals surface area contributed by atoms with Crippen LogP contribution in [0, 0.1) is 15.9 Å². The predicted octanol–water partition coefficient (Wildman–Crippen LogP) is 3.86. The van der Waals surface area contributed by atoms with Crippen molar-refractivity contribution in [1.82, 2.24) is 14.5 Å². The Morgan fingerprint density at radius 2 is 1.89 bits per heavy atom. The number of hydrogen-bond acceptors (Lipinski definition) is 4. The molecule has 4 rings (SSSR count). The number of nitrogens with zero attached hydrogens (tertiary/aromatic N) is 4. The first-order valence-electron chi connectivity index (χ1n) is 7.96. The number of aromatic nitrogens is 3. The second kappa shape index (κ2) is 8.05. The van der Waals surface area contributed by atoms with Crippen LogP contribution in [0.1, 0.15) is 17.3 Å². The molecule has 0 aliphatic carbocycles. The number of hydrogen-bond donors (Lipinski definition) is 1. The predicted molar refractivity (Wildman–Crippen MR) is 96.4 cm³/mol. The normalized spacial score (nSPS) is 11.4. The topological polar surface area (TPSA) is 94.1 Å². The maximum Gasteiger partial charge on any atom is 0.291 e. The lowest BCUT2D eigenvalue weighted by Crippen LogP contribution is -2.13. The molecular formula is C19H15FN4O3. The summed E-state index contributed by atoms with van der Waals surface area (Å²) in [6.45, 7) is 0. The zero-order chi connectivity index (χ0) is 19.2. The molecule has 1 atom stereocenters. The van der Waals surface area contributed by atoms with Crippen LogP contribution in [0.3, 0.4) is 0 Å². The van der Waals surface area contributed by atoms with Crippen molar-refractivity contribution in [3.8, 4) is 0 Å². The van der Waals surface area contributed by atoms with Crippen LogP contribution in [0.25, 0.3) is 10.8 Å². The van der Waals surface area contributed by atoms with E-state index in [1.165, 1.54) is 6.07 Å². The summed E-state index contributed by atoms with van der Waals surface area (Å²) in [4.78, 5) is 17.1. The average molecular weight is 366 g/mol. The Hall–Kier alpha value is -3.81. The summed E-state index contributed by atoms with van der Waals surface area (Å²) in [6, 6.07) is 16.5. The molecule has 136 valence electrons. The Morgan fingerprint density at radius 1 is 1.11 bits per heavy atom. The maximum atomic E-state index is 13.8. The molecule has 2 heterocycles. The van der Waals surface area contributed by atoms with E-state index < -0.39 is 5.09 Å². The van der Waals surface area contributed by atoms with E-state index in [0.29, 0.717) is 0 Å². The van der Waals surface area contributed by atoms with Crippen molar-refractivity contribution in [3.63, 3.8) is 0 Å². The molecule has 2 aromatic heterocycles. The first-order valence-corrected chi connectivity index (χ1v) is 7.96. The molecule has 0 amide bonds. The van der Waals surface area contributed by atoms with Gasteiger partial charge in [-0.3, -0.25) is 4.98 Å². The highest BCUT2D eigenvalue weighted by atomic mass is 19.1. The third kappa shape index (κ3) is 4.24. The molecule has 0 aliphatic heterocycles. The van der Waals surface area contributed by atoms with Gasteiger partial charge in [-0.15, -0.1) is 10.1 Å². The molecule has 2 aromatic carbocycles. The Balaban J connectivity index is 0.000000481. The highest BCUT2D eigenvalue weighted by Crippen LogP contribution is 2.30. The third-order valence-electron chi connectivity index (χ3n) is 3.95. The fourth-order valence-corrected chi connectivity index (χ4v) is 2.93. The quantitative estimate of drug-likeness (QED) is 0.439. The largest absolute Gasteiger partial charge is 0.328 e. The monoisotopic (exact) mass is 366 g/mol. The van der Waals surface area contributed by atoms with Crippen LogP contribution in [-0.2, 0) is 0 Å². The molecule has 27 heavy (non-hydrogen) atoms. The molecule has 1 N–H and O–H groups in total. The standard InChI is InChI=1S/C19H14FN3.HNO3/c20-16-6-3-5-15(12-16)19(23-11-10-21-13-23)18-17-7-2-1-4-14(17)8-9-22-18;2-1(3)4/h1-13,19H;(H,2,3,4). The van der Waals surface area contributed by atoms with Crippen molar-refractivity contribution in [2.45, 2.75) is 6.04 Å². The van der Waals surface area contributed by atoms with Crippen molar-refractivity contribution in [3.05, 3.63) is 107 Å². The van der Waals surface area contributed by atoms with Gasteiger partial charge in [0.1, 0.15) is 11.9 Å². The highest BCUT2D eigenvalue weighted by Gasteiger charge is 2.20. The van der Waals surface area contributed by atoms with Crippen LogP contribution < -0.4 is 0 Å². The summed E-state index contributed by atoms with van der Waals surface area (Å²) in [5, 5.41) is 15.8. The fraction of sp³-hybridized carbons (Fsp3) is 0.0526. The van der Waals surface area contributed by atoms with E-state index >= 15 is 0 Å². The van der Waals surface area contributed by atoms with Crippen LogP contribution in [0.4, 0.5) is 4.39 Å². The lowest BCUT2D eigenvalue weighted by Gasteiger charge is -2.20. The van der Waals surface area contributed by atoms with E-state index in [2.05, 4.69) is 16.0 Å². The highest BCUT2D eigenvalue weighted by molar-refractivity contribution is 5.85. The summed E-state index contributed by atoms with van der Waals surface area (Å²) in [7, 11) is 0. The number of halogens is 1. The second-order valence-corrected chi connectivity index (χ2v) is 5.62. The van der Waals surface area contributed by atoms with E-state index in [0.717, 1.165) is 22.0 Å². The summed E-state index contributed by atoms with van der Waals surface area (Å²) in [5.41, 5.74) is 1.72. The molecule has 0 saturated carbocycles. The van der Waals surface area contributed by atoms with Crippen molar-refractivity contribution in [1.29, 1.82) is 0 Å². The SMILES string of the molecule is Fc1cccc(C(c2nccc3ccccc23)n2ccnc2)c1.O=[N+]([O-])O. The van der Waals surface area contributed by atoms with Gasteiger partial charge in [-0.2, -0.15) is 0 Å². The molecule has 7 nitrogen and oxygen atoms in total. The molecule has 0 bridgehead atoms. The molecule has 0 fully saturated rings. The molecule has 8 heteroatoms.